The molecule has 3 aromatic heterocycles. The number of nitrogens with one attached hydrogen (secondary N) is 1. The Labute approximate surface area is 108 Å². The molecule has 0 unspecified atom stereocenters. The molecule has 5 heteroatoms. The van der Waals surface area contributed by atoms with Crippen LogP contribution in [0.3, 0.4) is 0 Å². The Morgan fingerprint density at radius 3 is 3.28 bits per heavy atom. The van der Waals surface area contributed by atoms with Crippen molar-refractivity contribution in [3.63, 3.8) is 0 Å². The molecule has 0 aromatic carbocycles. The summed E-state index contributed by atoms with van der Waals surface area (Å²) in [4.78, 5) is 15.8. The molecule has 4 rings (SSSR count). The van der Waals surface area contributed by atoms with Crippen molar-refractivity contribution in [1.29, 1.82) is 0 Å². The van der Waals surface area contributed by atoms with Crippen LogP contribution in [0.15, 0.2) is 30.0 Å². The lowest BCUT2D eigenvalue weighted by atomic mass is 10.1. The fraction of sp³-hybridized carbons (Fsp3) is 0.231. The number of aromatic amines is 1. The molecule has 0 bridgehead atoms. The van der Waals surface area contributed by atoms with E-state index in [1.165, 1.54) is 10.4 Å². The van der Waals surface area contributed by atoms with Crippen LogP contribution in [-0.4, -0.2) is 21.5 Å². The summed E-state index contributed by atoms with van der Waals surface area (Å²) in [6, 6.07) is 4.21. The third kappa shape index (κ3) is 1.44. The Kier molecular flexibility index (Phi) is 2.14. The van der Waals surface area contributed by atoms with Crippen LogP contribution in [0.25, 0.3) is 11.0 Å². The Morgan fingerprint density at radius 1 is 1.28 bits per heavy atom. The lowest BCUT2D eigenvalue weighted by molar-refractivity contribution is 0.733. The Bertz CT molecular complexity index is 700. The molecule has 1 N–H and O–H groups in total. The Hall–Kier alpha value is -1.88. The maximum absolute atomic E-state index is 4.45. The Balaban J connectivity index is 1.78. The SMILES string of the molecule is c1nc(N2CCc3sccc3C2)c2[nH]ccc2n1. The lowest BCUT2D eigenvalue weighted by Gasteiger charge is -2.28. The topological polar surface area (TPSA) is 44.8 Å². The van der Waals surface area contributed by atoms with Crippen molar-refractivity contribution in [2.75, 3.05) is 11.4 Å². The van der Waals surface area contributed by atoms with Crippen molar-refractivity contribution in [2.45, 2.75) is 13.0 Å². The van der Waals surface area contributed by atoms with Gasteiger partial charge in [-0.15, -0.1) is 11.3 Å². The average molecular weight is 256 g/mol. The number of nitrogens with zero attached hydrogens (tertiary/aromatic N) is 3. The highest BCUT2D eigenvalue weighted by Gasteiger charge is 2.20. The van der Waals surface area contributed by atoms with Crippen LogP contribution in [0.2, 0.25) is 0 Å². The minimum absolute atomic E-state index is 0.948. The standard InChI is InChI=1S/C13H12N4S/c1-4-14-12-10(1)15-8-16-13(12)17-5-2-11-9(7-17)3-6-18-11/h1,3-4,6,8,14H,2,5,7H2. The first-order valence-corrected chi connectivity index (χ1v) is 6.88. The van der Waals surface area contributed by atoms with Gasteiger partial charge in [0.25, 0.3) is 0 Å². The summed E-state index contributed by atoms with van der Waals surface area (Å²) < 4.78 is 0. The number of hydrogen-bond acceptors (Lipinski definition) is 4. The van der Waals surface area contributed by atoms with Gasteiger partial charge in [-0.2, -0.15) is 0 Å². The van der Waals surface area contributed by atoms with E-state index in [1.54, 1.807) is 6.33 Å². The average Bonchev–Trinajstić information content (AvgIpc) is 3.05. The van der Waals surface area contributed by atoms with Gasteiger partial charge in [-0.1, -0.05) is 0 Å². The summed E-state index contributed by atoms with van der Waals surface area (Å²) in [5, 5.41) is 2.18. The highest BCUT2D eigenvalue weighted by Crippen LogP contribution is 2.29. The van der Waals surface area contributed by atoms with Gasteiger partial charge >= 0.3 is 0 Å². The zero-order chi connectivity index (χ0) is 11.9. The molecular formula is C13H12N4S. The minimum Gasteiger partial charge on any atom is -0.357 e. The molecule has 1 aliphatic heterocycles. The van der Waals surface area contributed by atoms with Crippen molar-refractivity contribution >= 4 is 28.2 Å². The van der Waals surface area contributed by atoms with Crippen LogP contribution in [0, 0.1) is 0 Å². The molecule has 0 fully saturated rings. The smallest absolute Gasteiger partial charge is 0.156 e. The second kappa shape index (κ2) is 3.81. The number of thiophene rings is 1. The van der Waals surface area contributed by atoms with E-state index < -0.39 is 0 Å². The van der Waals surface area contributed by atoms with Gasteiger partial charge in [-0.05, 0) is 29.5 Å². The fourth-order valence-corrected chi connectivity index (χ4v) is 3.42. The second-order valence-corrected chi connectivity index (χ2v) is 5.48. The Morgan fingerprint density at radius 2 is 2.28 bits per heavy atom. The van der Waals surface area contributed by atoms with E-state index in [9.17, 15) is 0 Å². The van der Waals surface area contributed by atoms with E-state index in [1.807, 2.05) is 23.6 Å². The summed E-state index contributed by atoms with van der Waals surface area (Å²) >= 11 is 1.86. The molecule has 18 heavy (non-hydrogen) atoms. The van der Waals surface area contributed by atoms with E-state index >= 15 is 0 Å². The van der Waals surface area contributed by atoms with Gasteiger partial charge in [0.15, 0.2) is 5.82 Å². The summed E-state index contributed by atoms with van der Waals surface area (Å²) in [5.41, 5.74) is 3.46. The van der Waals surface area contributed by atoms with E-state index in [4.69, 9.17) is 0 Å². The maximum Gasteiger partial charge on any atom is 0.156 e. The van der Waals surface area contributed by atoms with Gasteiger partial charge in [-0.3, -0.25) is 0 Å². The molecule has 0 amide bonds. The zero-order valence-corrected chi connectivity index (χ0v) is 10.6. The molecular weight excluding hydrogens is 244 g/mol. The van der Waals surface area contributed by atoms with Crippen molar-refractivity contribution in [1.82, 2.24) is 15.0 Å². The van der Waals surface area contributed by atoms with Gasteiger partial charge in [-0.25, -0.2) is 9.97 Å². The third-order valence-electron chi connectivity index (χ3n) is 3.43. The maximum atomic E-state index is 4.45. The normalized spacial score (nSPS) is 15.0. The molecule has 0 saturated heterocycles. The first-order valence-electron chi connectivity index (χ1n) is 6.00. The molecule has 1 aliphatic rings. The molecule has 0 saturated carbocycles. The van der Waals surface area contributed by atoms with Gasteiger partial charge in [0, 0.05) is 24.2 Å². The predicted molar refractivity (Wildman–Crippen MR) is 73.0 cm³/mol. The molecule has 0 aliphatic carbocycles. The van der Waals surface area contributed by atoms with E-state index in [0.29, 0.717) is 0 Å². The first-order chi connectivity index (χ1) is 8.92. The van der Waals surface area contributed by atoms with Gasteiger partial charge in [0.2, 0.25) is 0 Å². The predicted octanol–water partition coefficient (Wildman–Crippen LogP) is 2.58. The first kappa shape index (κ1) is 10.1. The van der Waals surface area contributed by atoms with E-state index in [2.05, 4.69) is 31.3 Å². The number of hydrogen-bond donors (Lipinski definition) is 1. The van der Waals surface area contributed by atoms with Gasteiger partial charge in [0.1, 0.15) is 11.8 Å². The van der Waals surface area contributed by atoms with Crippen LogP contribution in [-0.2, 0) is 13.0 Å². The summed E-state index contributed by atoms with van der Waals surface area (Å²) in [5.74, 6) is 1.02. The monoisotopic (exact) mass is 256 g/mol. The number of anilines is 1. The van der Waals surface area contributed by atoms with Crippen LogP contribution in [0.1, 0.15) is 10.4 Å². The van der Waals surface area contributed by atoms with Crippen LogP contribution >= 0.6 is 11.3 Å². The summed E-state index contributed by atoms with van der Waals surface area (Å²) in [6.07, 6.45) is 4.68. The molecule has 3 aromatic rings. The zero-order valence-electron chi connectivity index (χ0n) is 9.76. The quantitative estimate of drug-likeness (QED) is 0.728. The molecule has 4 heterocycles. The van der Waals surface area contributed by atoms with Gasteiger partial charge in [0.05, 0.1) is 5.52 Å². The second-order valence-electron chi connectivity index (χ2n) is 4.48. The fourth-order valence-electron chi connectivity index (χ4n) is 2.53. The van der Waals surface area contributed by atoms with Crippen LogP contribution < -0.4 is 4.90 Å². The van der Waals surface area contributed by atoms with Crippen LogP contribution in [0.4, 0.5) is 5.82 Å². The van der Waals surface area contributed by atoms with Gasteiger partial charge < -0.3 is 9.88 Å². The highest BCUT2D eigenvalue weighted by atomic mass is 32.1. The number of aromatic nitrogens is 3. The summed E-state index contributed by atoms with van der Waals surface area (Å²) in [7, 11) is 0. The molecule has 4 nitrogen and oxygen atoms in total. The highest BCUT2D eigenvalue weighted by molar-refractivity contribution is 7.10. The molecule has 0 radical (unpaired) electrons. The molecule has 0 atom stereocenters. The summed E-state index contributed by atoms with van der Waals surface area (Å²) in [6.45, 7) is 1.97. The lowest BCUT2D eigenvalue weighted by Crippen LogP contribution is -2.30. The molecule has 0 spiro atoms. The number of fused-ring (bicyclic) bond motifs is 2. The van der Waals surface area contributed by atoms with Crippen molar-refractivity contribution in [2.24, 2.45) is 0 Å². The number of rotatable bonds is 1. The van der Waals surface area contributed by atoms with Crippen molar-refractivity contribution < 1.29 is 0 Å². The van der Waals surface area contributed by atoms with E-state index in [0.717, 1.165) is 36.4 Å². The third-order valence-corrected chi connectivity index (χ3v) is 4.46. The van der Waals surface area contributed by atoms with Crippen LogP contribution in [0.5, 0.6) is 0 Å². The van der Waals surface area contributed by atoms with Crippen molar-refractivity contribution in [3.05, 3.63) is 40.5 Å². The van der Waals surface area contributed by atoms with E-state index in [-0.39, 0.29) is 0 Å². The molecule has 90 valence electrons. The largest absolute Gasteiger partial charge is 0.357 e. The van der Waals surface area contributed by atoms with Crippen molar-refractivity contribution in [3.8, 4) is 0 Å². The minimum atomic E-state index is 0.948. The number of H-pyrrole nitrogens is 1.